The second-order valence-corrected chi connectivity index (χ2v) is 3.38. The Morgan fingerprint density at radius 3 is 2.93 bits per heavy atom. The van der Waals surface area contributed by atoms with Crippen LogP contribution in [0, 0.1) is 5.82 Å². The quantitative estimate of drug-likeness (QED) is 0.772. The zero-order valence-electron chi connectivity index (χ0n) is 8.09. The molecule has 1 amide bonds. The van der Waals surface area contributed by atoms with Gasteiger partial charge in [0, 0.05) is 6.54 Å². The molecule has 0 heterocycles. The molecule has 1 aromatic carbocycles. The van der Waals surface area contributed by atoms with Crippen LogP contribution >= 0.6 is 11.6 Å². The van der Waals surface area contributed by atoms with Gasteiger partial charge in [-0.3, -0.25) is 4.79 Å². The first-order valence-corrected chi connectivity index (χ1v) is 4.97. The van der Waals surface area contributed by atoms with Crippen LogP contribution < -0.4 is 11.1 Å². The van der Waals surface area contributed by atoms with Crippen molar-refractivity contribution < 1.29 is 9.18 Å². The molecule has 0 aliphatic carbocycles. The Balaban J connectivity index is 2.69. The lowest BCUT2D eigenvalue weighted by molar-refractivity contribution is 0.0953. The van der Waals surface area contributed by atoms with Crippen LogP contribution in [0.4, 0.5) is 4.39 Å². The molecule has 0 bridgehead atoms. The number of carbonyl (C=O) groups is 1. The number of halogens is 2. The summed E-state index contributed by atoms with van der Waals surface area (Å²) in [6.07, 6.45) is 0.679. The molecule has 3 N–H and O–H groups in total. The van der Waals surface area contributed by atoms with E-state index in [4.69, 9.17) is 17.3 Å². The Hall–Kier alpha value is -1.13. The smallest absolute Gasteiger partial charge is 0.252 e. The van der Waals surface area contributed by atoms with Crippen LogP contribution in [-0.4, -0.2) is 19.0 Å². The molecule has 0 radical (unpaired) electrons. The van der Waals surface area contributed by atoms with Crippen molar-refractivity contribution in [1.82, 2.24) is 5.32 Å². The van der Waals surface area contributed by atoms with Gasteiger partial charge in [0.15, 0.2) is 0 Å². The summed E-state index contributed by atoms with van der Waals surface area (Å²) in [4.78, 5) is 11.5. The van der Waals surface area contributed by atoms with Gasteiger partial charge in [0.2, 0.25) is 0 Å². The molecule has 1 aromatic rings. The van der Waals surface area contributed by atoms with Gasteiger partial charge in [-0.1, -0.05) is 17.7 Å². The van der Waals surface area contributed by atoms with Crippen LogP contribution in [-0.2, 0) is 0 Å². The monoisotopic (exact) mass is 230 g/mol. The predicted octanol–water partition coefficient (Wildman–Crippen LogP) is 1.56. The van der Waals surface area contributed by atoms with Gasteiger partial charge in [-0.15, -0.1) is 0 Å². The number of amides is 1. The van der Waals surface area contributed by atoms with Gasteiger partial charge < -0.3 is 11.1 Å². The van der Waals surface area contributed by atoms with Gasteiger partial charge >= 0.3 is 0 Å². The summed E-state index contributed by atoms with van der Waals surface area (Å²) >= 11 is 5.64. The highest BCUT2D eigenvalue weighted by molar-refractivity contribution is 6.34. The van der Waals surface area contributed by atoms with Crippen molar-refractivity contribution in [2.24, 2.45) is 5.73 Å². The van der Waals surface area contributed by atoms with Gasteiger partial charge in [0.05, 0.1) is 10.6 Å². The molecule has 1 rings (SSSR count). The average molecular weight is 231 g/mol. The fourth-order valence-corrected chi connectivity index (χ4v) is 1.29. The third-order valence-corrected chi connectivity index (χ3v) is 2.25. The maximum atomic E-state index is 13.0. The Kier molecular flexibility index (Phi) is 4.52. The van der Waals surface area contributed by atoms with Crippen LogP contribution in [0.1, 0.15) is 16.8 Å². The predicted molar refractivity (Wildman–Crippen MR) is 57.4 cm³/mol. The van der Waals surface area contributed by atoms with Crippen molar-refractivity contribution in [1.29, 1.82) is 0 Å². The minimum Gasteiger partial charge on any atom is -0.352 e. The molecule has 0 aliphatic heterocycles. The van der Waals surface area contributed by atoms with Crippen molar-refractivity contribution in [3.8, 4) is 0 Å². The summed E-state index contributed by atoms with van der Waals surface area (Å²) in [5.74, 6) is -0.976. The van der Waals surface area contributed by atoms with E-state index in [-0.39, 0.29) is 16.5 Å². The summed E-state index contributed by atoms with van der Waals surface area (Å²) in [5.41, 5.74) is 5.42. The first-order chi connectivity index (χ1) is 7.16. The average Bonchev–Trinajstić information content (AvgIpc) is 2.22. The van der Waals surface area contributed by atoms with Crippen molar-refractivity contribution in [3.63, 3.8) is 0 Å². The number of nitrogens with two attached hydrogens (primary N) is 1. The van der Waals surface area contributed by atoms with Crippen LogP contribution in [0.3, 0.4) is 0 Å². The highest BCUT2D eigenvalue weighted by Gasteiger charge is 2.12. The Morgan fingerprint density at radius 2 is 2.27 bits per heavy atom. The van der Waals surface area contributed by atoms with E-state index in [1.165, 1.54) is 18.2 Å². The second kappa shape index (κ2) is 5.68. The highest BCUT2D eigenvalue weighted by atomic mass is 35.5. The van der Waals surface area contributed by atoms with E-state index in [1.807, 2.05) is 0 Å². The number of hydrogen-bond acceptors (Lipinski definition) is 2. The molecule has 82 valence electrons. The number of carbonyl (C=O) groups excluding carboxylic acids is 1. The van der Waals surface area contributed by atoms with Crippen LogP contribution in [0.15, 0.2) is 18.2 Å². The Bertz CT molecular complexity index is 357. The molecule has 0 aliphatic rings. The Labute approximate surface area is 92.4 Å². The van der Waals surface area contributed by atoms with E-state index in [1.54, 1.807) is 0 Å². The molecule has 0 aromatic heterocycles. The van der Waals surface area contributed by atoms with Gasteiger partial charge in [-0.05, 0) is 25.1 Å². The van der Waals surface area contributed by atoms with E-state index >= 15 is 0 Å². The molecule has 0 spiro atoms. The zero-order valence-corrected chi connectivity index (χ0v) is 8.85. The molecule has 0 atom stereocenters. The third-order valence-electron chi connectivity index (χ3n) is 1.86. The number of hydrogen-bond donors (Lipinski definition) is 2. The van der Waals surface area contributed by atoms with E-state index in [2.05, 4.69) is 5.32 Å². The maximum absolute atomic E-state index is 13.0. The maximum Gasteiger partial charge on any atom is 0.252 e. The third kappa shape index (κ3) is 3.18. The summed E-state index contributed by atoms with van der Waals surface area (Å²) in [6, 6.07) is 4.13. The molecule has 0 saturated carbocycles. The normalized spacial score (nSPS) is 10.1. The van der Waals surface area contributed by atoms with E-state index in [0.717, 1.165) is 0 Å². The molecule has 3 nitrogen and oxygen atoms in total. The molecule has 0 unspecified atom stereocenters. The number of benzene rings is 1. The van der Waals surface area contributed by atoms with E-state index in [0.29, 0.717) is 19.5 Å². The summed E-state index contributed by atoms with van der Waals surface area (Å²) in [7, 11) is 0. The number of nitrogens with one attached hydrogen (secondary N) is 1. The largest absolute Gasteiger partial charge is 0.352 e. The second-order valence-electron chi connectivity index (χ2n) is 3.00. The minimum atomic E-state index is -0.594. The van der Waals surface area contributed by atoms with Gasteiger partial charge in [-0.2, -0.15) is 0 Å². The molecule has 5 heteroatoms. The Morgan fingerprint density at radius 1 is 1.53 bits per heavy atom. The lowest BCUT2D eigenvalue weighted by Crippen LogP contribution is -2.26. The zero-order chi connectivity index (χ0) is 11.3. The minimum absolute atomic E-state index is 0.147. The molecular weight excluding hydrogens is 219 g/mol. The topological polar surface area (TPSA) is 55.1 Å². The first-order valence-electron chi connectivity index (χ1n) is 4.59. The van der Waals surface area contributed by atoms with Gasteiger partial charge in [0.1, 0.15) is 5.82 Å². The number of rotatable bonds is 4. The van der Waals surface area contributed by atoms with Crippen LogP contribution in [0.25, 0.3) is 0 Å². The van der Waals surface area contributed by atoms with Crippen molar-refractivity contribution in [3.05, 3.63) is 34.6 Å². The molecule has 0 fully saturated rings. The first kappa shape index (κ1) is 11.9. The fourth-order valence-electron chi connectivity index (χ4n) is 1.08. The van der Waals surface area contributed by atoms with Crippen LogP contribution in [0.5, 0.6) is 0 Å². The molecule has 15 heavy (non-hydrogen) atoms. The van der Waals surface area contributed by atoms with Crippen molar-refractivity contribution >= 4 is 17.5 Å². The molecular formula is C10H12ClFN2O. The van der Waals surface area contributed by atoms with E-state index in [9.17, 15) is 9.18 Å². The fraction of sp³-hybridized carbons (Fsp3) is 0.300. The standard InChI is InChI=1S/C10H12ClFN2O/c11-9-7(3-1-4-8(9)12)10(15)14-6-2-5-13/h1,3-4H,2,5-6,13H2,(H,14,15). The van der Waals surface area contributed by atoms with Crippen LogP contribution in [0.2, 0.25) is 5.02 Å². The van der Waals surface area contributed by atoms with Crippen molar-refractivity contribution in [2.75, 3.05) is 13.1 Å². The highest BCUT2D eigenvalue weighted by Crippen LogP contribution is 2.19. The molecule has 0 saturated heterocycles. The summed E-state index contributed by atoms with van der Waals surface area (Å²) in [6.45, 7) is 0.958. The summed E-state index contributed by atoms with van der Waals surface area (Å²) < 4.78 is 13.0. The van der Waals surface area contributed by atoms with Gasteiger partial charge in [0.25, 0.3) is 5.91 Å². The lowest BCUT2D eigenvalue weighted by atomic mass is 10.2. The lowest BCUT2D eigenvalue weighted by Gasteiger charge is -2.06. The van der Waals surface area contributed by atoms with Crippen molar-refractivity contribution in [2.45, 2.75) is 6.42 Å². The van der Waals surface area contributed by atoms with E-state index < -0.39 is 5.82 Å². The van der Waals surface area contributed by atoms with Gasteiger partial charge in [-0.25, -0.2) is 4.39 Å². The summed E-state index contributed by atoms with van der Waals surface area (Å²) in [5, 5.41) is 2.45. The SMILES string of the molecule is NCCCNC(=O)c1cccc(F)c1Cl.